The Labute approximate surface area is 94.9 Å². The lowest BCUT2D eigenvalue weighted by Crippen LogP contribution is -2.39. The third-order valence-electron chi connectivity index (χ3n) is 2.32. The van der Waals surface area contributed by atoms with Crippen molar-refractivity contribution in [1.82, 2.24) is 5.32 Å². The van der Waals surface area contributed by atoms with E-state index in [0.717, 1.165) is 30.3 Å². The molecule has 1 aliphatic heterocycles. The van der Waals surface area contributed by atoms with Crippen LogP contribution in [0.3, 0.4) is 0 Å². The second-order valence-corrected chi connectivity index (χ2v) is 3.99. The molecule has 0 amide bonds. The van der Waals surface area contributed by atoms with Crippen LogP contribution in [-0.4, -0.2) is 25.8 Å². The first kappa shape index (κ1) is 10.7. The minimum absolute atomic E-state index is 0.317. The molecule has 0 bridgehead atoms. The van der Waals surface area contributed by atoms with Crippen molar-refractivity contribution in [3.63, 3.8) is 0 Å². The second-order valence-electron chi connectivity index (χ2n) is 3.55. The maximum absolute atomic E-state index is 5.89. The standard InChI is InChI=1S/C12H14ClNO/c13-11-3-1-2-10(8-11)4-5-12-9-15-7-6-14-12/h1-5,8,12,14H,6-7,9H2/b5-4+. The molecule has 2 nitrogen and oxygen atoms in total. The SMILES string of the molecule is Clc1cccc(/C=C/C2COCCN2)c1. The van der Waals surface area contributed by atoms with E-state index >= 15 is 0 Å². The Morgan fingerprint density at radius 2 is 2.40 bits per heavy atom. The van der Waals surface area contributed by atoms with Crippen LogP contribution < -0.4 is 5.32 Å². The molecule has 15 heavy (non-hydrogen) atoms. The third-order valence-corrected chi connectivity index (χ3v) is 2.56. The summed E-state index contributed by atoms with van der Waals surface area (Å²) in [6, 6.07) is 8.12. The van der Waals surface area contributed by atoms with Gasteiger partial charge in [-0.1, -0.05) is 35.9 Å². The van der Waals surface area contributed by atoms with E-state index in [4.69, 9.17) is 16.3 Å². The number of halogens is 1. The molecular formula is C12H14ClNO. The van der Waals surface area contributed by atoms with Crippen molar-refractivity contribution in [3.05, 3.63) is 40.9 Å². The minimum atomic E-state index is 0.317. The lowest BCUT2D eigenvalue weighted by molar-refractivity contribution is 0.0903. The van der Waals surface area contributed by atoms with Gasteiger partial charge in [0.2, 0.25) is 0 Å². The predicted octanol–water partition coefficient (Wildman–Crippen LogP) is 2.34. The lowest BCUT2D eigenvalue weighted by atomic mass is 10.1. The highest BCUT2D eigenvalue weighted by molar-refractivity contribution is 6.30. The molecule has 3 heteroatoms. The lowest BCUT2D eigenvalue weighted by Gasteiger charge is -2.20. The maximum atomic E-state index is 5.89. The molecule has 1 aromatic rings. The van der Waals surface area contributed by atoms with Gasteiger partial charge < -0.3 is 10.1 Å². The molecule has 0 aliphatic carbocycles. The first-order valence-electron chi connectivity index (χ1n) is 5.09. The van der Waals surface area contributed by atoms with E-state index in [9.17, 15) is 0 Å². The molecule has 2 rings (SSSR count). The van der Waals surface area contributed by atoms with Crippen LogP contribution >= 0.6 is 11.6 Å². The van der Waals surface area contributed by atoms with Crippen LogP contribution in [0.15, 0.2) is 30.3 Å². The molecule has 0 saturated carbocycles. The summed E-state index contributed by atoms with van der Waals surface area (Å²) in [5.74, 6) is 0. The molecule has 1 aliphatic rings. The fourth-order valence-electron chi connectivity index (χ4n) is 1.55. The molecule has 1 heterocycles. The second kappa shape index (κ2) is 5.31. The maximum Gasteiger partial charge on any atom is 0.0656 e. The van der Waals surface area contributed by atoms with Crippen LogP contribution in [0.2, 0.25) is 5.02 Å². The molecule has 1 aromatic carbocycles. The van der Waals surface area contributed by atoms with Crippen molar-refractivity contribution in [1.29, 1.82) is 0 Å². The molecule has 1 atom stereocenters. The Kier molecular flexibility index (Phi) is 3.78. The van der Waals surface area contributed by atoms with Gasteiger partial charge in [0.15, 0.2) is 0 Å². The average Bonchev–Trinajstić information content (AvgIpc) is 2.28. The summed E-state index contributed by atoms with van der Waals surface area (Å²) in [4.78, 5) is 0. The van der Waals surface area contributed by atoms with E-state index in [1.807, 2.05) is 24.3 Å². The van der Waals surface area contributed by atoms with Gasteiger partial charge in [0.25, 0.3) is 0 Å². The van der Waals surface area contributed by atoms with E-state index < -0.39 is 0 Å². The summed E-state index contributed by atoms with van der Waals surface area (Å²) >= 11 is 5.89. The number of rotatable bonds is 2. The molecule has 1 fully saturated rings. The Morgan fingerprint density at radius 3 is 3.13 bits per heavy atom. The molecular weight excluding hydrogens is 210 g/mol. The monoisotopic (exact) mass is 223 g/mol. The van der Waals surface area contributed by atoms with Gasteiger partial charge in [-0.2, -0.15) is 0 Å². The number of hydrogen-bond donors (Lipinski definition) is 1. The Hall–Kier alpha value is -0.830. The van der Waals surface area contributed by atoms with E-state index in [2.05, 4.69) is 17.5 Å². The number of hydrogen-bond acceptors (Lipinski definition) is 2. The number of benzene rings is 1. The summed E-state index contributed by atoms with van der Waals surface area (Å²) in [6.07, 6.45) is 4.18. The molecule has 0 spiro atoms. The van der Waals surface area contributed by atoms with Crippen molar-refractivity contribution in [2.75, 3.05) is 19.8 Å². The van der Waals surface area contributed by atoms with Crippen LogP contribution in [0.1, 0.15) is 5.56 Å². The topological polar surface area (TPSA) is 21.3 Å². The highest BCUT2D eigenvalue weighted by atomic mass is 35.5. The van der Waals surface area contributed by atoms with Gasteiger partial charge in [0, 0.05) is 17.6 Å². The molecule has 0 aromatic heterocycles. The molecule has 1 unspecified atom stereocenters. The van der Waals surface area contributed by atoms with Gasteiger partial charge >= 0.3 is 0 Å². The van der Waals surface area contributed by atoms with Crippen molar-refractivity contribution < 1.29 is 4.74 Å². The van der Waals surface area contributed by atoms with Gasteiger partial charge in [-0.3, -0.25) is 0 Å². The van der Waals surface area contributed by atoms with Crippen molar-refractivity contribution >= 4 is 17.7 Å². The fraction of sp³-hybridized carbons (Fsp3) is 0.333. The van der Waals surface area contributed by atoms with Crippen LogP contribution in [0.25, 0.3) is 6.08 Å². The number of nitrogens with one attached hydrogen (secondary N) is 1. The first-order chi connectivity index (χ1) is 7.34. The Bertz CT molecular complexity index is 345. The van der Waals surface area contributed by atoms with Crippen LogP contribution in [0.5, 0.6) is 0 Å². The van der Waals surface area contributed by atoms with Crippen LogP contribution in [0.4, 0.5) is 0 Å². The summed E-state index contributed by atoms with van der Waals surface area (Å²) in [7, 11) is 0. The zero-order chi connectivity index (χ0) is 10.5. The van der Waals surface area contributed by atoms with Gasteiger partial charge in [-0.15, -0.1) is 0 Å². The van der Waals surface area contributed by atoms with Gasteiger partial charge in [-0.05, 0) is 17.7 Å². The molecule has 80 valence electrons. The fourth-order valence-corrected chi connectivity index (χ4v) is 1.75. The average molecular weight is 224 g/mol. The molecule has 0 radical (unpaired) electrons. The van der Waals surface area contributed by atoms with E-state index in [-0.39, 0.29) is 0 Å². The highest BCUT2D eigenvalue weighted by Crippen LogP contribution is 2.12. The van der Waals surface area contributed by atoms with Crippen molar-refractivity contribution in [3.8, 4) is 0 Å². The summed E-state index contributed by atoms with van der Waals surface area (Å²) in [6.45, 7) is 2.48. The first-order valence-corrected chi connectivity index (χ1v) is 5.47. The molecule has 1 saturated heterocycles. The normalized spacial score (nSPS) is 22.1. The summed E-state index contributed by atoms with van der Waals surface area (Å²) in [5.41, 5.74) is 1.12. The number of ether oxygens (including phenoxy) is 1. The summed E-state index contributed by atoms with van der Waals surface area (Å²) < 4.78 is 5.35. The zero-order valence-corrected chi connectivity index (χ0v) is 9.20. The Morgan fingerprint density at radius 1 is 1.47 bits per heavy atom. The van der Waals surface area contributed by atoms with Crippen LogP contribution in [-0.2, 0) is 4.74 Å². The minimum Gasteiger partial charge on any atom is -0.378 e. The van der Waals surface area contributed by atoms with E-state index in [1.165, 1.54) is 0 Å². The Balaban J connectivity index is 1.97. The van der Waals surface area contributed by atoms with E-state index in [0.29, 0.717) is 6.04 Å². The molecule has 1 N–H and O–H groups in total. The van der Waals surface area contributed by atoms with Crippen molar-refractivity contribution in [2.24, 2.45) is 0 Å². The van der Waals surface area contributed by atoms with Gasteiger partial charge in [0.05, 0.1) is 13.2 Å². The smallest absolute Gasteiger partial charge is 0.0656 e. The quantitative estimate of drug-likeness (QED) is 0.831. The third kappa shape index (κ3) is 3.34. The zero-order valence-electron chi connectivity index (χ0n) is 8.45. The van der Waals surface area contributed by atoms with Crippen molar-refractivity contribution in [2.45, 2.75) is 6.04 Å². The van der Waals surface area contributed by atoms with Gasteiger partial charge in [0.1, 0.15) is 0 Å². The van der Waals surface area contributed by atoms with E-state index in [1.54, 1.807) is 0 Å². The van der Waals surface area contributed by atoms with Crippen LogP contribution in [0, 0.1) is 0 Å². The van der Waals surface area contributed by atoms with Gasteiger partial charge in [-0.25, -0.2) is 0 Å². The predicted molar refractivity (Wildman–Crippen MR) is 63.1 cm³/mol. The number of morpholine rings is 1. The summed E-state index contributed by atoms with van der Waals surface area (Å²) in [5, 5.41) is 4.13. The largest absolute Gasteiger partial charge is 0.378 e. The highest BCUT2D eigenvalue weighted by Gasteiger charge is 2.08.